The SMILES string of the molecule is O=C(Nc1ccc(I)cc1C(=O)O)c1ccccc1I. The largest absolute Gasteiger partial charge is 0.478 e. The summed E-state index contributed by atoms with van der Waals surface area (Å²) in [6.45, 7) is 0. The molecule has 4 nitrogen and oxygen atoms in total. The van der Waals surface area contributed by atoms with Crippen LogP contribution in [-0.2, 0) is 0 Å². The fourth-order valence-corrected chi connectivity index (χ4v) is 2.76. The highest BCUT2D eigenvalue weighted by Gasteiger charge is 2.15. The maximum Gasteiger partial charge on any atom is 0.337 e. The highest BCUT2D eigenvalue weighted by atomic mass is 127. The summed E-state index contributed by atoms with van der Waals surface area (Å²) in [4.78, 5) is 23.4. The molecule has 2 aromatic rings. The van der Waals surface area contributed by atoms with E-state index in [9.17, 15) is 14.7 Å². The van der Waals surface area contributed by atoms with Crippen molar-refractivity contribution in [2.75, 3.05) is 5.32 Å². The molecule has 0 radical (unpaired) electrons. The van der Waals surface area contributed by atoms with Crippen molar-refractivity contribution in [1.82, 2.24) is 0 Å². The molecular weight excluding hydrogens is 484 g/mol. The van der Waals surface area contributed by atoms with Gasteiger partial charge in [-0.25, -0.2) is 4.79 Å². The van der Waals surface area contributed by atoms with Crippen molar-refractivity contribution in [3.63, 3.8) is 0 Å². The van der Waals surface area contributed by atoms with Gasteiger partial charge in [-0.15, -0.1) is 0 Å². The molecule has 2 N–H and O–H groups in total. The van der Waals surface area contributed by atoms with E-state index in [0.29, 0.717) is 11.3 Å². The lowest BCUT2D eigenvalue weighted by atomic mass is 10.1. The zero-order valence-electron chi connectivity index (χ0n) is 10.1. The van der Waals surface area contributed by atoms with Crippen molar-refractivity contribution >= 4 is 62.7 Å². The van der Waals surface area contributed by atoms with Crippen LogP contribution in [-0.4, -0.2) is 17.0 Å². The molecule has 6 heteroatoms. The molecule has 0 saturated carbocycles. The van der Waals surface area contributed by atoms with Crippen LogP contribution in [0, 0.1) is 7.14 Å². The topological polar surface area (TPSA) is 66.4 Å². The maximum absolute atomic E-state index is 12.2. The van der Waals surface area contributed by atoms with Crippen LogP contribution in [0.3, 0.4) is 0 Å². The molecule has 2 rings (SSSR count). The van der Waals surface area contributed by atoms with E-state index >= 15 is 0 Å². The number of benzene rings is 2. The van der Waals surface area contributed by atoms with E-state index in [1.807, 2.05) is 34.7 Å². The Labute approximate surface area is 142 Å². The second-order valence-electron chi connectivity index (χ2n) is 3.93. The van der Waals surface area contributed by atoms with E-state index in [1.54, 1.807) is 24.3 Å². The second kappa shape index (κ2) is 6.53. The summed E-state index contributed by atoms with van der Waals surface area (Å²) in [6, 6.07) is 12.0. The predicted molar refractivity (Wildman–Crippen MR) is 93.2 cm³/mol. The van der Waals surface area contributed by atoms with Crippen LogP contribution >= 0.6 is 45.2 Å². The van der Waals surface area contributed by atoms with Crippen LogP contribution in [0.1, 0.15) is 20.7 Å². The van der Waals surface area contributed by atoms with Gasteiger partial charge in [-0.1, -0.05) is 12.1 Å². The van der Waals surface area contributed by atoms with Gasteiger partial charge in [0.15, 0.2) is 0 Å². The van der Waals surface area contributed by atoms with Gasteiger partial charge in [0.05, 0.1) is 16.8 Å². The van der Waals surface area contributed by atoms with Crippen LogP contribution < -0.4 is 5.32 Å². The number of aromatic carboxylic acids is 1. The highest BCUT2D eigenvalue weighted by molar-refractivity contribution is 14.1. The molecule has 0 aromatic heterocycles. The standard InChI is InChI=1S/C14H9I2NO3/c15-8-5-6-12(10(7-8)14(19)20)17-13(18)9-3-1-2-4-11(9)16/h1-7H,(H,17,18)(H,19,20). The highest BCUT2D eigenvalue weighted by Crippen LogP contribution is 2.21. The van der Waals surface area contributed by atoms with Gasteiger partial charge in [0.25, 0.3) is 5.91 Å². The Morgan fingerprint density at radius 3 is 2.35 bits per heavy atom. The van der Waals surface area contributed by atoms with Crippen LogP contribution in [0.2, 0.25) is 0 Å². The van der Waals surface area contributed by atoms with E-state index in [0.717, 1.165) is 7.14 Å². The number of hydrogen-bond donors (Lipinski definition) is 2. The van der Waals surface area contributed by atoms with Gasteiger partial charge in [0.1, 0.15) is 0 Å². The number of rotatable bonds is 3. The number of hydrogen-bond acceptors (Lipinski definition) is 2. The molecule has 0 spiro atoms. The molecule has 1 amide bonds. The normalized spacial score (nSPS) is 10.1. The first-order valence-corrected chi connectivity index (χ1v) is 7.73. The van der Waals surface area contributed by atoms with Crippen LogP contribution in [0.25, 0.3) is 0 Å². The number of anilines is 1. The van der Waals surface area contributed by atoms with Crippen molar-refractivity contribution in [3.8, 4) is 0 Å². The summed E-state index contributed by atoms with van der Waals surface area (Å²) in [7, 11) is 0. The molecule has 2 aromatic carbocycles. The van der Waals surface area contributed by atoms with Gasteiger partial charge in [0, 0.05) is 7.14 Å². The summed E-state index contributed by atoms with van der Waals surface area (Å²) in [5.74, 6) is -1.39. The molecule has 0 heterocycles. The Hall–Kier alpha value is -1.16. The van der Waals surface area contributed by atoms with E-state index in [2.05, 4.69) is 27.9 Å². The summed E-state index contributed by atoms with van der Waals surface area (Å²) < 4.78 is 1.61. The molecule has 0 atom stereocenters. The third kappa shape index (κ3) is 3.48. The third-order valence-electron chi connectivity index (χ3n) is 2.58. The van der Waals surface area contributed by atoms with Crippen LogP contribution in [0.15, 0.2) is 42.5 Å². The quantitative estimate of drug-likeness (QED) is 0.640. The van der Waals surface area contributed by atoms with Gasteiger partial charge in [-0.3, -0.25) is 4.79 Å². The van der Waals surface area contributed by atoms with E-state index in [-0.39, 0.29) is 11.5 Å². The molecular formula is C14H9I2NO3. The first-order chi connectivity index (χ1) is 9.49. The summed E-state index contributed by atoms with van der Waals surface area (Å²) in [5, 5.41) is 11.8. The maximum atomic E-state index is 12.2. The molecule has 102 valence electrons. The minimum atomic E-state index is -1.07. The number of nitrogens with one attached hydrogen (secondary N) is 1. The van der Waals surface area contributed by atoms with E-state index in [1.165, 1.54) is 6.07 Å². The molecule has 0 aliphatic heterocycles. The molecule has 0 fully saturated rings. The van der Waals surface area contributed by atoms with Crippen molar-refractivity contribution in [1.29, 1.82) is 0 Å². The Balaban J connectivity index is 2.33. The molecule has 0 unspecified atom stereocenters. The molecule has 0 saturated heterocycles. The predicted octanol–water partition coefficient (Wildman–Crippen LogP) is 3.85. The number of carboxylic acid groups (broad SMARTS) is 1. The van der Waals surface area contributed by atoms with Gasteiger partial charge < -0.3 is 10.4 Å². The van der Waals surface area contributed by atoms with Crippen LogP contribution in [0.5, 0.6) is 0 Å². The molecule has 0 aliphatic rings. The number of carbonyl (C=O) groups excluding carboxylic acids is 1. The first-order valence-electron chi connectivity index (χ1n) is 5.58. The second-order valence-corrected chi connectivity index (χ2v) is 6.34. The fourth-order valence-electron chi connectivity index (χ4n) is 1.64. The lowest BCUT2D eigenvalue weighted by molar-refractivity contribution is 0.0698. The number of amides is 1. The van der Waals surface area contributed by atoms with Gasteiger partial charge in [-0.2, -0.15) is 0 Å². The third-order valence-corrected chi connectivity index (χ3v) is 4.19. The van der Waals surface area contributed by atoms with E-state index in [4.69, 9.17) is 0 Å². The van der Waals surface area contributed by atoms with Gasteiger partial charge >= 0.3 is 5.97 Å². The average Bonchev–Trinajstić information content (AvgIpc) is 2.41. The zero-order valence-corrected chi connectivity index (χ0v) is 14.4. The lowest BCUT2D eigenvalue weighted by Crippen LogP contribution is -2.16. The van der Waals surface area contributed by atoms with Crippen molar-refractivity contribution in [2.45, 2.75) is 0 Å². The van der Waals surface area contributed by atoms with Gasteiger partial charge in [0.2, 0.25) is 0 Å². The number of carbonyl (C=O) groups is 2. The Kier molecular flexibility index (Phi) is 4.97. The average molecular weight is 493 g/mol. The monoisotopic (exact) mass is 493 g/mol. The molecule has 0 aliphatic carbocycles. The molecule has 0 bridgehead atoms. The smallest absolute Gasteiger partial charge is 0.337 e. The Bertz CT molecular complexity index is 686. The zero-order chi connectivity index (χ0) is 14.7. The summed E-state index contributed by atoms with van der Waals surface area (Å²) in [5.41, 5.74) is 0.891. The minimum absolute atomic E-state index is 0.0798. The van der Waals surface area contributed by atoms with Crippen molar-refractivity contribution in [2.24, 2.45) is 0 Å². The lowest BCUT2D eigenvalue weighted by Gasteiger charge is -2.10. The van der Waals surface area contributed by atoms with Crippen molar-refractivity contribution in [3.05, 3.63) is 60.7 Å². The summed E-state index contributed by atoms with van der Waals surface area (Å²) >= 11 is 4.10. The first kappa shape index (κ1) is 15.2. The fraction of sp³-hybridized carbons (Fsp3) is 0. The van der Waals surface area contributed by atoms with Crippen molar-refractivity contribution < 1.29 is 14.7 Å². The summed E-state index contributed by atoms with van der Waals surface area (Å²) in [6.07, 6.45) is 0. The Morgan fingerprint density at radius 2 is 1.70 bits per heavy atom. The van der Waals surface area contributed by atoms with E-state index < -0.39 is 5.97 Å². The minimum Gasteiger partial charge on any atom is -0.478 e. The number of halogens is 2. The van der Waals surface area contributed by atoms with Gasteiger partial charge in [-0.05, 0) is 75.5 Å². The number of carboxylic acids is 1. The molecule has 20 heavy (non-hydrogen) atoms. The van der Waals surface area contributed by atoms with Crippen LogP contribution in [0.4, 0.5) is 5.69 Å². The Morgan fingerprint density at radius 1 is 1.00 bits per heavy atom.